The van der Waals surface area contributed by atoms with E-state index in [0.717, 1.165) is 29.4 Å². The van der Waals surface area contributed by atoms with Crippen LogP contribution in [0.3, 0.4) is 0 Å². The molecule has 0 bridgehead atoms. The zero-order valence-corrected chi connectivity index (χ0v) is 18.3. The molecule has 2 aromatic rings. The van der Waals surface area contributed by atoms with Crippen LogP contribution in [0.15, 0.2) is 23.4 Å². The van der Waals surface area contributed by atoms with Gasteiger partial charge in [0, 0.05) is 23.8 Å². The summed E-state index contributed by atoms with van der Waals surface area (Å²) in [5, 5.41) is 28.0. The quantitative estimate of drug-likeness (QED) is 0.521. The molecule has 1 fully saturated rings. The van der Waals surface area contributed by atoms with Crippen molar-refractivity contribution < 1.29 is 9.47 Å². The lowest BCUT2D eigenvalue weighted by molar-refractivity contribution is 0.338. The third-order valence-electron chi connectivity index (χ3n) is 5.45. The van der Waals surface area contributed by atoms with Gasteiger partial charge in [0.25, 0.3) is 0 Å². The lowest BCUT2D eigenvalue weighted by Crippen LogP contribution is -2.15. The fourth-order valence-electron chi connectivity index (χ4n) is 3.82. The first kappa shape index (κ1) is 22.0. The van der Waals surface area contributed by atoms with Crippen LogP contribution in [0.4, 0.5) is 0 Å². The van der Waals surface area contributed by atoms with Gasteiger partial charge >= 0.3 is 0 Å². The van der Waals surface area contributed by atoms with Crippen molar-refractivity contribution in [2.45, 2.75) is 56.1 Å². The molecular formula is C22H27N5O2S. The molecule has 1 aromatic carbocycles. The second-order valence-corrected chi connectivity index (χ2v) is 8.36. The van der Waals surface area contributed by atoms with Gasteiger partial charge in [-0.3, -0.25) is 4.57 Å². The van der Waals surface area contributed by atoms with Gasteiger partial charge in [0.1, 0.15) is 0 Å². The van der Waals surface area contributed by atoms with Crippen molar-refractivity contribution in [1.82, 2.24) is 14.8 Å². The fraction of sp³-hybridized carbons (Fsp3) is 0.545. The number of thioether (sulfide) groups is 1. The lowest BCUT2D eigenvalue weighted by atomic mass is 9.95. The number of hydrogen-bond donors (Lipinski definition) is 0. The van der Waals surface area contributed by atoms with Crippen molar-refractivity contribution in [3.05, 3.63) is 18.2 Å². The van der Waals surface area contributed by atoms with E-state index in [1.807, 2.05) is 18.2 Å². The molecule has 1 aliphatic carbocycles. The third kappa shape index (κ3) is 5.06. The Hall–Kier alpha value is -2.71. The van der Waals surface area contributed by atoms with E-state index in [1.165, 1.54) is 19.3 Å². The number of ether oxygens (including phenoxy) is 2. The Morgan fingerprint density at radius 1 is 1.13 bits per heavy atom. The van der Waals surface area contributed by atoms with Gasteiger partial charge in [-0.15, -0.1) is 10.2 Å². The van der Waals surface area contributed by atoms with Gasteiger partial charge in [0.2, 0.25) is 0 Å². The highest BCUT2D eigenvalue weighted by Gasteiger charge is 2.25. The number of hydrogen-bond acceptors (Lipinski definition) is 7. The van der Waals surface area contributed by atoms with Crippen LogP contribution in [0, 0.1) is 28.6 Å². The Morgan fingerprint density at radius 3 is 2.57 bits per heavy atom. The fourth-order valence-corrected chi connectivity index (χ4v) is 4.88. The lowest BCUT2D eigenvalue weighted by Gasteiger charge is -2.26. The molecule has 3 rings (SSSR count). The molecule has 1 aliphatic rings. The molecule has 7 nitrogen and oxygen atoms in total. The number of methoxy groups -OCH3 is 2. The van der Waals surface area contributed by atoms with Gasteiger partial charge in [-0.1, -0.05) is 31.0 Å². The number of nitrogens with zero attached hydrogens (tertiary/aromatic N) is 5. The third-order valence-corrected chi connectivity index (χ3v) is 6.55. The predicted molar refractivity (Wildman–Crippen MR) is 115 cm³/mol. The van der Waals surface area contributed by atoms with Crippen molar-refractivity contribution in [1.29, 1.82) is 10.5 Å². The topological polar surface area (TPSA) is 96.8 Å². The van der Waals surface area contributed by atoms with Gasteiger partial charge in [0.15, 0.2) is 22.5 Å². The van der Waals surface area contributed by atoms with Gasteiger partial charge in [-0.25, -0.2) is 0 Å². The summed E-state index contributed by atoms with van der Waals surface area (Å²) in [4.78, 5) is 0. The summed E-state index contributed by atoms with van der Waals surface area (Å²) in [5.41, 5.74) is 0.930. The van der Waals surface area contributed by atoms with E-state index in [1.54, 1.807) is 26.0 Å². The maximum absolute atomic E-state index is 9.40. The standard InChI is InChI=1S/C22H27N5O2S/c1-28-19-11-10-17(13-20(19)29-2)21-25-26-22(27(21)18-8-4-3-5-9-18)30-15-16(14-24)7-6-12-23/h10-11,13,16,18H,3-9,15H2,1-2H3/t16-/m1/s1. The number of nitriles is 2. The zero-order valence-electron chi connectivity index (χ0n) is 17.5. The Balaban J connectivity index is 1.92. The second kappa shape index (κ2) is 10.9. The molecule has 1 heterocycles. The van der Waals surface area contributed by atoms with Crippen molar-refractivity contribution in [2.75, 3.05) is 20.0 Å². The van der Waals surface area contributed by atoms with E-state index in [4.69, 9.17) is 14.7 Å². The largest absolute Gasteiger partial charge is 0.493 e. The number of aromatic nitrogens is 3. The normalized spacial score (nSPS) is 15.2. The molecule has 8 heteroatoms. The molecule has 1 aromatic heterocycles. The van der Waals surface area contributed by atoms with E-state index in [9.17, 15) is 5.26 Å². The van der Waals surface area contributed by atoms with Crippen LogP contribution in [0.2, 0.25) is 0 Å². The maximum Gasteiger partial charge on any atom is 0.191 e. The zero-order chi connectivity index (χ0) is 21.3. The van der Waals surface area contributed by atoms with Crippen LogP contribution in [-0.2, 0) is 0 Å². The molecule has 1 saturated carbocycles. The molecular weight excluding hydrogens is 398 g/mol. The Bertz CT molecular complexity index is 925. The first-order chi connectivity index (χ1) is 14.7. The smallest absolute Gasteiger partial charge is 0.191 e. The molecule has 0 radical (unpaired) electrons. The summed E-state index contributed by atoms with van der Waals surface area (Å²) >= 11 is 1.56. The molecule has 0 spiro atoms. The average Bonchev–Trinajstić information content (AvgIpc) is 3.23. The first-order valence-electron chi connectivity index (χ1n) is 10.3. The van der Waals surface area contributed by atoms with Crippen molar-refractivity contribution in [3.63, 3.8) is 0 Å². The van der Waals surface area contributed by atoms with Crippen molar-refractivity contribution >= 4 is 11.8 Å². The van der Waals surface area contributed by atoms with E-state index in [-0.39, 0.29) is 5.92 Å². The maximum atomic E-state index is 9.40. The van der Waals surface area contributed by atoms with Crippen molar-refractivity contribution in [2.24, 2.45) is 5.92 Å². The van der Waals surface area contributed by atoms with Crippen LogP contribution in [0.1, 0.15) is 51.0 Å². The Morgan fingerprint density at radius 2 is 1.90 bits per heavy atom. The van der Waals surface area contributed by atoms with Gasteiger partial charge < -0.3 is 9.47 Å². The van der Waals surface area contributed by atoms with E-state index in [0.29, 0.717) is 36.1 Å². The summed E-state index contributed by atoms with van der Waals surface area (Å²) in [5.74, 6) is 2.58. The summed E-state index contributed by atoms with van der Waals surface area (Å²) in [6.45, 7) is 0. The summed E-state index contributed by atoms with van der Waals surface area (Å²) in [6, 6.07) is 10.6. The summed E-state index contributed by atoms with van der Waals surface area (Å²) in [6.07, 6.45) is 6.83. The molecule has 0 amide bonds. The summed E-state index contributed by atoms with van der Waals surface area (Å²) < 4.78 is 13.1. The second-order valence-electron chi connectivity index (χ2n) is 7.37. The summed E-state index contributed by atoms with van der Waals surface area (Å²) in [7, 11) is 3.24. The monoisotopic (exact) mass is 425 g/mol. The predicted octanol–water partition coefficient (Wildman–Crippen LogP) is 5.00. The van der Waals surface area contributed by atoms with Crippen LogP contribution in [0.5, 0.6) is 11.5 Å². The number of benzene rings is 1. The van der Waals surface area contributed by atoms with E-state index >= 15 is 0 Å². The van der Waals surface area contributed by atoms with Crippen LogP contribution < -0.4 is 9.47 Å². The molecule has 158 valence electrons. The minimum Gasteiger partial charge on any atom is -0.493 e. The van der Waals surface area contributed by atoms with Crippen LogP contribution in [-0.4, -0.2) is 34.7 Å². The minimum absolute atomic E-state index is 0.171. The molecule has 0 N–H and O–H groups in total. The van der Waals surface area contributed by atoms with Crippen molar-refractivity contribution in [3.8, 4) is 35.0 Å². The molecule has 0 unspecified atom stereocenters. The number of rotatable bonds is 9. The Kier molecular flexibility index (Phi) is 7.98. The van der Waals surface area contributed by atoms with Gasteiger partial charge in [-0.2, -0.15) is 10.5 Å². The Labute approximate surface area is 182 Å². The SMILES string of the molecule is COc1ccc(-c2nnc(SC[C@@H](C#N)CCC#N)n2C2CCCCC2)cc1OC. The minimum atomic E-state index is -0.171. The van der Waals surface area contributed by atoms with Crippen LogP contribution in [0.25, 0.3) is 11.4 Å². The molecule has 1 atom stereocenters. The van der Waals surface area contributed by atoms with Gasteiger partial charge in [-0.05, 0) is 37.5 Å². The highest BCUT2D eigenvalue weighted by atomic mass is 32.2. The van der Waals surface area contributed by atoms with Crippen LogP contribution >= 0.6 is 11.8 Å². The highest BCUT2D eigenvalue weighted by molar-refractivity contribution is 7.99. The molecule has 0 saturated heterocycles. The average molecular weight is 426 g/mol. The molecule has 30 heavy (non-hydrogen) atoms. The van der Waals surface area contributed by atoms with E-state index < -0.39 is 0 Å². The van der Waals surface area contributed by atoms with Gasteiger partial charge in [0.05, 0.1) is 32.3 Å². The highest BCUT2D eigenvalue weighted by Crippen LogP contribution is 2.38. The first-order valence-corrected chi connectivity index (χ1v) is 11.3. The van der Waals surface area contributed by atoms with E-state index in [2.05, 4.69) is 26.9 Å². The molecule has 0 aliphatic heterocycles.